The summed E-state index contributed by atoms with van der Waals surface area (Å²) in [6.07, 6.45) is 1.87. The van der Waals surface area contributed by atoms with E-state index in [2.05, 4.69) is 0 Å². The Morgan fingerprint density at radius 3 is 2.26 bits per heavy atom. The first-order valence-corrected chi connectivity index (χ1v) is 8.24. The van der Waals surface area contributed by atoms with Crippen molar-refractivity contribution in [2.24, 2.45) is 5.73 Å². The first-order chi connectivity index (χ1) is 8.85. The first-order valence-electron chi connectivity index (χ1n) is 6.63. The predicted octanol–water partition coefficient (Wildman–Crippen LogP) is 1.85. The van der Waals surface area contributed by atoms with Crippen LogP contribution in [0.25, 0.3) is 0 Å². The summed E-state index contributed by atoms with van der Waals surface area (Å²) in [6, 6.07) is 7.48. The van der Waals surface area contributed by atoms with Crippen LogP contribution in [0.4, 0.5) is 0 Å². The van der Waals surface area contributed by atoms with Crippen molar-refractivity contribution in [3.63, 3.8) is 0 Å². The molecular formula is C14H22N2O2S. The van der Waals surface area contributed by atoms with Crippen LogP contribution >= 0.6 is 0 Å². The van der Waals surface area contributed by atoms with Crippen LogP contribution in [0.3, 0.4) is 0 Å². The number of nitrogens with two attached hydrogens (primary N) is 1. The second-order valence-corrected chi connectivity index (χ2v) is 7.66. The quantitative estimate of drug-likeness (QED) is 0.916. The zero-order chi connectivity index (χ0) is 14.1. The van der Waals surface area contributed by atoms with E-state index in [1.165, 1.54) is 0 Å². The van der Waals surface area contributed by atoms with E-state index < -0.39 is 10.0 Å². The summed E-state index contributed by atoms with van der Waals surface area (Å²) in [7, 11) is -3.24. The molecule has 19 heavy (non-hydrogen) atoms. The minimum atomic E-state index is -3.24. The van der Waals surface area contributed by atoms with E-state index in [0.29, 0.717) is 13.1 Å². The van der Waals surface area contributed by atoms with Crippen molar-refractivity contribution in [2.45, 2.75) is 44.5 Å². The van der Waals surface area contributed by atoms with Gasteiger partial charge in [0.15, 0.2) is 0 Å². The zero-order valence-electron chi connectivity index (χ0n) is 11.6. The third-order valence-electron chi connectivity index (χ3n) is 3.77. The minimum absolute atomic E-state index is 0.0707. The van der Waals surface area contributed by atoms with Crippen LogP contribution in [-0.2, 0) is 22.3 Å². The Morgan fingerprint density at radius 1 is 1.21 bits per heavy atom. The molecule has 1 fully saturated rings. The molecule has 0 amide bonds. The lowest BCUT2D eigenvalue weighted by molar-refractivity contribution is 0.291. The third-order valence-corrected chi connectivity index (χ3v) is 5.81. The van der Waals surface area contributed by atoms with Gasteiger partial charge < -0.3 is 5.73 Å². The normalized spacial score (nSPS) is 19.7. The van der Waals surface area contributed by atoms with Crippen LogP contribution in [0, 0.1) is 0 Å². The Hall–Kier alpha value is -0.910. The van der Waals surface area contributed by atoms with Crippen LogP contribution in [0.5, 0.6) is 0 Å². The van der Waals surface area contributed by atoms with E-state index in [1.807, 2.05) is 38.1 Å². The van der Waals surface area contributed by atoms with Gasteiger partial charge in [-0.15, -0.1) is 0 Å². The van der Waals surface area contributed by atoms with Gasteiger partial charge in [0, 0.05) is 18.6 Å². The number of benzene rings is 1. The Morgan fingerprint density at radius 2 is 1.79 bits per heavy atom. The molecule has 2 rings (SSSR count). The van der Waals surface area contributed by atoms with Gasteiger partial charge in [-0.2, -0.15) is 4.31 Å². The van der Waals surface area contributed by atoms with Crippen molar-refractivity contribution >= 4 is 10.0 Å². The molecule has 1 heterocycles. The lowest BCUT2D eigenvalue weighted by Crippen LogP contribution is -2.43. The highest BCUT2D eigenvalue weighted by Crippen LogP contribution is 2.32. The minimum Gasteiger partial charge on any atom is -0.326 e. The second kappa shape index (κ2) is 5.23. The molecule has 0 aromatic heterocycles. The molecule has 1 aliphatic heterocycles. The Balaban J connectivity index is 2.16. The molecule has 1 aromatic rings. The molecule has 0 spiro atoms. The van der Waals surface area contributed by atoms with Gasteiger partial charge in [0.25, 0.3) is 0 Å². The van der Waals surface area contributed by atoms with Gasteiger partial charge in [-0.05, 0) is 37.8 Å². The van der Waals surface area contributed by atoms with Crippen molar-refractivity contribution in [1.29, 1.82) is 0 Å². The van der Waals surface area contributed by atoms with Crippen LogP contribution in [0.2, 0.25) is 0 Å². The van der Waals surface area contributed by atoms with Gasteiger partial charge in [-0.3, -0.25) is 0 Å². The standard InChI is InChI=1S/C14H22N2O2S/c1-14(2)8-3-9-16(14)19(17,18)11-13-6-4-12(10-15)5-7-13/h4-7H,3,8-11,15H2,1-2H3. The Kier molecular flexibility index (Phi) is 3.99. The molecule has 0 radical (unpaired) electrons. The molecule has 106 valence electrons. The Labute approximate surface area is 115 Å². The van der Waals surface area contributed by atoms with Gasteiger partial charge in [-0.1, -0.05) is 24.3 Å². The number of rotatable bonds is 4. The fourth-order valence-corrected chi connectivity index (χ4v) is 4.68. The number of sulfonamides is 1. The van der Waals surface area contributed by atoms with Crippen molar-refractivity contribution in [2.75, 3.05) is 6.54 Å². The number of hydrogen-bond donors (Lipinski definition) is 1. The lowest BCUT2D eigenvalue weighted by Gasteiger charge is -2.30. The fourth-order valence-electron chi connectivity index (χ4n) is 2.66. The predicted molar refractivity (Wildman–Crippen MR) is 77.0 cm³/mol. The van der Waals surface area contributed by atoms with Crippen molar-refractivity contribution in [3.8, 4) is 0 Å². The molecule has 1 saturated heterocycles. The molecule has 2 N–H and O–H groups in total. The summed E-state index contributed by atoms with van der Waals surface area (Å²) in [5.41, 5.74) is 7.12. The largest absolute Gasteiger partial charge is 0.326 e. The lowest BCUT2D eigenvalue weighted by atomic mass is 10.0. The van der Waals surface area contributed by atoms with Crippen LogP contribution < -0.4 is 5.73 Å². The molecular weight excluding hydrogens is 260 g/mol. The third kappa shape index (κ3) is 3.16. The zero-order valence-corrected chi connectivity index (χ0v) is 12.4. The summed E-state index contributed by atoms with van der Waals surface area (Å²) in [4.78, 5) is 0. The van der Waals surface area contributed by atoms with Crippen LogP contribution in [0.1, 0.15) is 37.8 Å². The average molecular weight is 282 g/mol. The number of hydrogen-bond acceptors (Lipinski definition) is 3. The summed E-state index contributed by atoms with van der Waals surface area (Å²) < 4.78 is 26.6. The molecule has 1 aliphatic rings. The Bertz CT molecular complexity index is 535. The maximum atomic E-state index is 12.5. The molecule has 0 atom stereocenters. The van der Waals surface area contributed by atoms with Gasteiger partial charge in [0.05, 0.1) is 5.75 Å². The average Bonchev–Trinajstić information content (AvgIpc) is 2.70. The summed E-state index contributed by atoms with van der Waals surface area (Å²) >= 11 is 0. The van der Waals surface area contributed by atoms with E-state index >= 15 is 0 Å². The topological polar surface area (TPSA) is 63.4 Å². The molecule has 0 saturated carbocycles. The van der Waals surface area contributed by atoms with Crippen LogP contribution in [-0.4, -0.2) is 24.8 Å². The fraction of sp³-hybridized carbons (Fsp3) is 0.571. The van der Waals surface area contributed by atoms with Crippen molar-refractivity contribution in [3.05, 3.63) is 35.4 Å². The highest BCUT2D eigenvalue weighted by Gasteiger charge is 2.39. The smallest absolute Gasteiger partial charge is 0.218 e. The SMILES string of the molecule is CC1(C)CCCN1S(=O)(=O)Cc1ccc(CN)cc1. The van der Waals surface area contributed by atoms with E-state index in [4.69, 9.17) is 5.73 Å². The van der Waals surface area contributed by atoms with Gasteiger partial charge in [0.1, 0.15) is 0 Å². The van der Waals surface area contributed by atoms with Crippen LogP contribution in [0.15, 0.2) is 24.3 Å². The summed E-state index contributed by atoms with van der Waals surface area (Å²) in [6.45, 7) is 5.10. The molecule has 4 nitrogen and oxygen atoms in total. The highest BCUT2D eigenvalue weighted by molar-refractivity contribution is 7.88. The van der Waals surface area contributed by atoms with Crippen molar-refractivity contribution < 1.29 is 8.42 Å². The maximum absolute atomic E-state index is 12.5. The van der Waals surface area contributed by atoms with Gasteiger partial charge >= 0.3 is 0 Å². The monoisotopic (exact) mass is 282 g/mol. The van der Waals surface area contributed by atoms with Crippen molar-refractivity contribution in [1.82, 2.24) is 4.31 Å². The second-order valence-electron chi connectivity index (χ2n) is 5.76. The number of nitrogens with zero attached hydrogens (tertiary/aromatic N) is 1. The molecule has 1 aromatic carbocycles. The van der Waals surface area contributed by atoms with Gasteiger partial charge in [-0.25, -0.2) is 8.42 Å². The summed E-state index contributed by atoms with van der Waals surface area (Å²) in [5, 5.41) is 0. The molecule has 5 heteroatoms. The highest BCUT2D eigenvalue weighted by atomic mass is 32.2. The molecule has 0 aliphatic carbocycles. The van der Waals surface area contributed by atoms with E-state index in [-0.39, 0.29) is 11.3 Å². The maximum Gasteiger partial charge on any atom is 0.218 e. The van der Waals surface area contributed by atoms with E-state index in [0.717, 1.165) is 24.0 Å². The van der Waals surface area contributed by atoms with Gasteiger partial charge in [0.2, 0.25) is 10.0 Å². The van der Waals surface area contributed by atoms with E-state index in [1.54, 1.807) is 4.31 Å². The van der Waals surface area contributed by atoms with E-state index in [9.17, 15) is 8.42 Å². The molecule has 0 unspecified atom stereocenters. The first kappa shape index (κ1) is 14.5. The molecule has 0 bridgehead atoms. The summed E-state index contributed by atoms with van der Waals surface area (Å²) in [5.74, 6) is 0.0707.